The quantitative estimate of drug-likeness (QED) is 0.638. The Bertz CT molecular complexity index is 250. The summed E-state index contributed by atoms with van der Waals surface area (Å²) >= 11 is 0. The fraction of sp³-hybridized carbons (Fsp3) is 0.818. The van der Waals surface area contributed by atoms with Crippen molar-refractivity contribution in [2.24, 2.45) is 0 Å². The molecule has 0 aromatic heterocycles. The molecule has 5 nitrogen and oxygen atoms in total. The minimum Gasteiger partial charge on any atom is -0.385 e. The molecule has 0 spiro atoms. The van der Waals surface area contributed by atoms with Crippen LogP contribution >= 0.6 is 0 Å². The Hall–Kier alpha value is -1.12. The van der Waals surface area contributed by atoms with Gasteiger partial charge in [0.2, 0.25) is 5.91 Å². The van der Waals surface area contributed by atoms with Gasteiger partial charge in [0.15, 0.2) is 0 Å². The summed E-state index contributed by atoms with van der Waals surface area (Å²) in [5, 5.41) is 11.5. The first-order valence-corrected chi connectivity index (χ1v) is 5.42. The lowest BCUT2D eigenvalue weighted by Gasteiger charge is -2.25. The number of methoxy groups -OCH3 is 1. The zero-order valence-electron chi connectivity index (χ0n) is 10.5. The number of amides is 1. The van der Waals surface area contributed by atoms with Crippen LogP contribution in [0.4, 0.5) is 0 Å². The van der Waals surface area contributed by atoms with Crippen LogP contribution in [-0.2, 0) is 9.53 Å². The molecular weight excluding hydrogens is 206 g/mol. The van der Waals surface area contributed by atoms with Crippen molar-refractivity contribution < 1.29 is 9.53 Å². The van der Waals surface area contributed by atoms with Crippen LogP contribution in [0.25, 0.3) is 0 Å². The molecule has 1 N–H and O–H groups in total. The third-order valence-corrected chi connectivity index (χ3v) is 2.61. The lowest BCUT2D eigenvalue weighted by molar-refractivity contribution is -0.125. The van der Waals surface area contributed by atoms with Gasteiger partial charge in [0.25, 0.3) is 0 Å². The van der Waals surface area contributed by atoms with E-state index in [2.05, 4.69) is 11.4 Å². The number of nitrogens with one attached hydrogen (secondary N) is 1. The van der Waals surface area contributed by atoms with Gasteiger partial charge in [0, 0.05) is 20.3 Å². The van der Waals surface area contributed by atoms with E-state index in [1.54, 1.807) is 32.9 Å². The predicted octanol–water partition coefficient (Wildman–Crippen LogP) is 0.371. The first kappa shape index (κ1) is 14.9. The Labute approximate surface area is 97.4 Å². The number of nitrogens with zero attached hydrogens (tertiary/aromatic N) is 2. The van der Waals surface area contributed by atoms with E-state index in [4.69, 9.17) is 10.00 Å². The van der Waals surface area contributed by atoms with Crippen molar-refractivity contribution in [1.29, 1.82) is 5.26 Å². The third-order valence-electron chi connectivity index (χ3n) is 2.61. The molecule has 0 aliphatic rings. The summed E-state index contributed by atoms with van der Waals surface area (Å²) in [6.45, 7) is 4.80. The average molecular weight is 227 g/mol. The highest BCUT2D eigenvalue weighted by Gasteiger charge is 2.21. The fourth-order valence-corrected chi connectivity index (χ4v) is 1.19. The maximum atomic E-state index is 11.7. The van der Waals surface area contributed by atoms with Crippen LogP contribution in [-0.4, -0.2) is 50.2 Å². The molecule has 0 radical (unpaired) electrons. The zero-order chi connectivity index (χ0) is 12.6. The highest BCUT2D eigenvalue weighted by atomic mass is 16.5. The topological polar surface area (TPSA) is 65.4 Å². The number of hydrogen-bond acceptors (Lipinski definition) is 4. The van der Waals surface area contributed by atoms with Gasteiger partial charge in [-0.25, -0.2) is 0 Å². The minimum atomic E-state index is -0.294. The molecule has 0 aliphatic carbocycles. The smallest absolute Gasteiger partial charge is 0.237 e. The Morgan fingerprint density at radius 3 is 2.69 bits per heavy atom. The van der Waals surface area contributed by atoms with E-state index in [0.717, 1.165) is 6.42 Å². The van der Waals surface area contributed by atoms with Crippen molar-refractivity contribution in [2.45, 2.75) is 32.4 Å². The van der Waals surface area contributed by atoms with E-state index >= 15 is 0 Å². The third kappa shape index (κ3) is 5.10. The van der Waals surface area contributed by atoms with Gasteiger partial charge in [-0.2, -0.15) is 5.26 Å². The summed E-state index contributed by atoms with van der Waals surface area (Å²) in [6, 6.07) is 1.54. The maximum Gasteiger partial charge on any atom is 0.237 e. The summed E-state index contributed by atoms with van der Waals surface area (Å²) < 4.78 is 4.88. The first-order valence-electron chi connectivity index (χ1n) is 5.42. The van der Waals surface area contributed by atoms with E-state index < -0.39 is 0 Å². The minimum absolute atomic E-state index is 0.0549. The highest BCUT2D eigenvalue weighted by Crippen LogP contribution is 2.01. The first-order chi connectivity index (χ1) is 7.54. The monoisotopic (exact) mass is 227 g/mol. The van der Waals surface area contributed by atoms with Crippen molar-refractivity contribution in [3.8, 4) is 6.07 Å². The molecule has 0 rings (SSSR count). The second-order valence-electron chi connectivity index (χ2n) is 3.78. The predicted molar refractivity (Wildman–Crippen MR) is 61.8 cm³/mol. The fourth-order valence-electron chi connectivity index (χ4n) is 1.19. The van der Waals surface area contributed by atoms with Crippen LogP contribution in [0.5, 0.6) is 0 Å². The Morgan fingerprint density at radius 1 is 1.56 bits per heavy atom. The second kappa shape index (κ2) is 8.08. The summed E-state index contributed by atoms with van der Waals surface area (Å²) in [5.41, 5.74) is 0. The van der Waals surface area contributed by atoms with E-state index in [9.17, 15) is 4.79 Å². The highest BCUT2D eigenvalue weighted by molar-refractivity contribution is 5.81. The van der Waals surface area contributed by atoms with Crippen molar-refractivity contribution >= 4 is 5.91 Å². The normalized spacial score (nSPS) is 14.2. The molecule has 0 aromatic rings. The van der Waals surface area contributed by atoms with Gasteiger partial charge >= 0.3 is 0 Å². The van der Waals surface area contributed by atoms with Gasteiger partial charge in [-0.05, 0) is 27.3 Å². The number of hydrogen-bond donors (Lipinski definition) is 1. The molecule has 16 heavy (non-hydrogen) atoms. The van der Waals surface area contributed by atoms with E-state index in [1.807, 2.05) is 0 Å². The Morgan fingerprint density at radius 2 is 2.19 bits per heavy atom. The average Bonchev–Trinajstić information content (AvgIpc) is 2.31. The van der Waals surface area contributed by atoms with Gasteiger partial charge in [0.1, 0.15) is 0 Å². The van der Waals surface area contributed by atoms with Crippen LogP contribution in [0.15, 0.2) is 0 Å². The Kier molecular flexibility index (Phi) is 7.52. The van der Waals surface area contributed by atoms with Gasteiger partial charge in [-0.3, -0.25) is 9.69 Å². The summed E-state index contributed by atoms with van der Waals surface area (Å²) in [6.07, 6.45) is 0.798. The molecular formula is C11H21N3O2. The van der Waals surface area contributed by atoms with Crippen molar-refractivity contribution in [3.05, 3.63) is 0 Å². The molecule has 92 valence electrons. The number of carbonyl (C=O) groups is 1. The van der Waals surface area contributed by atoms with E-state index in [0.29, 0.717) is 13.2 Å². The van der Waals surface area contributed by atoms with Gasteiger partial charge in [0.05, 0.1) is 18.2 Å². The lowest BCUT2D eigenvalue weighted by Crippen LogP contribution is -2.46. The van der Waals surface area contributed by atoms with Crippen LogP contribution in [0.3, 0.4) is 0 Å². The Balaban J connectivity index is 3.94. The summed E-state index contributed by atoms with van der Waals surface area (Å²) in [7, 11) is 3.40. The standard InChI is InChI=1S/C11H21N3O2/c1-9(8-12)14(3)10(2)11(15)13-6-5-7-16-4/h9-10H,5-7H2,1-4H3,(H,13,15). The number of rotatable bonds is 7. The number of ether oxygens (including phenoxy) is 1. The number of nitriles is 1. The van der Waals surface area contributed by atoms with Crippen LogP contribution in [0, 0.1) is 11.3 Å². The zero-order valence-corrected chi connectivity index (χ0v) is 10.5. The summed E-state index contributed by atoms with van der Waals surface area (Å²) in [4.78, 5) is 13.4. The van der Waals surface area contributed by atoms with E-state index in [-0.39, 0.29) is 18.0 Å². The molecule has 0 aromatic carbocycles. The lowest BCUT2D eigenvalue weighted by atomic mass is 10.2. The largest absolute Gasteiger partial charge is 0.385 e. The second-order valence-corrected chi connectivity index (χ2v) is 3.78. The number of likely N-dealkylation sites (N-methyl/N-ethyl adjacent to an activating group) is 1. The van der Waals surface area contributed by atoms with Crippen LogP contribution in [0.1, 0.15) is 20.3 Å². The number of carbonyl (C=O) groups excluding carboxylic acids is 1. The molecule has 0 bridgehead atoms. The van der Waals surface area contributed by atoms with Crippen molar-refractivity contribution in [2.75, 3.05) is 27.3 Å². The van der Waals surface area contributed by atoms with E-state index in [1.165, 1.54) is 0 Å². The molecule has 5 heteroatoms. The van der Waals surface area contributed by atoms with Crippen LogP contribution in [0.2, 0.25) is 0 Å². The molecule has 2 atom stereocenters. The van der Waals surface area contributed by atoms with Crippen molar-refractivity contribution in [1.82, 2.24) is 10.2 Å². The molecule has 0 aliphatic heterocycles. The SMILES string of the molecule is COCCCNC(=O)C(C)N(C)C(C)C#N. The summed E-state index contributed by atoms with van der Waals surface area (Å²) in [5.74, 6) is -0.0549. The molecule has 0 saturated carbocycles. The maximum absolute atomic E-state index is 11.7. The van der Waals surface area contributed by atoms with Gasteiger partial charge in [-0.15, -0.1) is 0 Å². The van der Waals surface area contributed by atoms with Gasteiger partial charge in [-0.1, -0.05) is 0 Å². The molecule has 0 saturated heterocycles. The van der Waals surface area contributed by atoms with Crippen LogP contribution < -0.4 is 5.32 Å². The molecule has 2 unspecified atom stereocenters. The molecule has 1 amide bonds. The van der Waals surface area contributed by atoms with Gasteiger partial charge < -0.3 is 10.1 Å². The molecule has 0 heterocycles. The molecule has 0 fully saturated rings. The van der Waals surface area contributed by atoms with Crippen molar-refractivity contribution in [3.63, 3.8) is 0 Å².